The first-order valence-electron chi connectivity index (χ1n) is 3.95. The van der Waals surface area contributed by atoms with Crippen LogP contribution in [0, 0.1) is 17.4 Å². The molecule has 0 aliphatic rings. The number of hydrogen-bond donors (Lipinski definition) is 0. The van der Waals surface area contributed by atoms with E-state index in [1.807, 2.05) is 0 Å². The summed E-state index contributed by atoms with van der Waals surface area (Å²) in [4.78, 5) is 0. The van der Waals surface area contributed by atoms with Crippen LogP contribution >= 0.6 is 22.6 Å². The molecule has 0 amide bonds. The van der Waals surface area contributed by atoms with Gasteiger partial charge in [-0.05, 0) is 53.6 Å². The Morgan fingerprint density at radius 2 is 1.38 bits per heavy atom. The van der Waals surface area contributed by atoms with Crippen molar-refractivity contribution in [1.29, 1.82) is 0 Å². The van der Waals surface area contributed by atoms with Gasteiger partial charge in [0.05, 0.1) is 0 Å². The zero-order valence-electron chi connectivity index (χ0n) is 9.33. The molecule has 0 aromatic heterocycles. The average Bonchev–Trinajstić information content (AvgIpc) is 1.94. The molecule has 0 bridgehead atoms. The molecule has 0 saturated carbocycles. The molecule has 0 heterocycles. The van der Waals surface area contributed by atoms with Crippen LogP contribution in [-0.2, 0) is 0 Å². The quantitative estimate of drug-likeness (QED) is 0.280. The van der Waals surface area contributed by atoms with Gasteiger partial charge in [0.2, 0.25) is 0 Å². The Hall–Kier alpha value is 0.348. The van der Waals surface area contributed by atoms with E-state index in [2.05, 4.69) is 54.6 Å². The minimum absolute atomic E-state index is 0. The first-order chi connectivity index (χ1) is 6.66. The van der Waals surface area contributed by atoms with Gasteiger partial charge in [-0.1, -0.05) is 12.1 Å². The van der Waals surface area contributed by atoms with Crippen molar-refractivity contribution >= 4 is 42.1 Å². The molecule has 0 nitrogen and oxygen atoms in total. The first kappa shape index (κ1) is 16.3. The van der Waals surface area contributed by atoms with Gasteiger partial charge in [0.15, 0.2) is 0 Å². The molecule has 1 aromatic rings. The van der Waals surface area contributed by atoms with Crippen molar-refractivity contribution in [1.82, 2.24) is 0 Å². The minimum atomic E-state index is -11.2. The number of benzene rings is 1. The Balaban J connectivity index is 0. The van der Waals surface area contributed by atoms with E-state index in [0.717, 1.165) is 0 Å². The van der Waals surface area contributed by atoms with Crippen LogP contribution in [0.15, 0.2) is 18.2 Å². The molecule has 1 rings (SSSR count). The summed E-state index contributed by atoms with van der Waals surface area (Å²) in [6, 6.07) is 6.35. The van der Waals surface area contributed by atoms with E-state index in [0.29, 0.717) is 0 Å². The third kappa shape index (κ3) is 12.4. The number of rotatable bonds is 0. The summed E-state index contributed by atoms with van der Waals surface area (Å²) < 4.78 is 60.9. The molecule has 0 atom stereocenters. The molecule has 0 radical (unpaired) electrons. The molecule has 0 fully saturated rings. The van der Waals surface area contributed by atoms with E-state index >= 15 is 0 Å². The van der Waals surface area contributed by atoms with Gasteiger partial charge in [-0.25, -0.2) is 0 Å². The monoisotopic (exact) mass is 468 g/mol. The van der Waals surface area contributed by atoms with Crippen LogP contribution in [0.25, 0.3) is 0 Å². The van der Waals surface area contributed by atoms with Gasteiger partial charge >= 0.3 is 37.8 Å². The van der Waals surface area contributed by atoms with Crippen LogP contribution in [-0.4, -0.2) is 19.5 Å². The van der Waals surface area contributed by atoms with Gasteiger partial charge < -0.3 is 0 Å². The SMILES string of the molecule is Cc1cccc(I)c1C.[F][Sb-]([F])([F])([F])([F])[F].[H+]. The Labute approximate surface area is 107 Å². The van der Waals surface area contributed by atoms with E-state index < -0.39 is 19.5 Å². The van der Waals surface area contributed by atoms with Crippen molar-refractivity contribution in [2.24, 2.45) is 0 Å². The third-order valence-corrected chi connectivity index (χ3v) is 2.71. The van der Waals surface area contributed by atoms with Gasteiger partial charge in [0.25, 0.3) is 0 Å². The fraction of sp³-hybridized carbons (Fsp3) is 0.250. The zero-order chi connectivity index (χ0) is 13.3. The van der Waals surface area contributed by atoms with Crippen LogP contribution in [0.3, 0.4) is 0 Å². The molecule has 0 saturated heterocycles. The van der Waals surface area contributed by atoms with Crippen molar-refractivity contribution in [2.75, 3.05) is 0 Å². The summed E-state index contributed by atoms with van der Waals surface area (Å²) in [6.45, 7) is 4.29. The zero-order valence-corrected chi connectivity index (χ0v) is 13.0. The van der Waals surface area contributed by atoms with Gasteiger partial charge in [-0.15, -0.1) is 0 Å². The normalized spacial score (nSPS) is 15.6. The Morgan fingerprint density at radius 1 is 1.00 bits per heavy atom. The second kappa shape index (κ2) is 4.22. The maximum Gasteiger partial charge on any atom is 1.00 e. The molecular weight excluding hydrogens is 459 g/mol. The summed E-state index contributed by atoms with van der Waals surface area (Å²) in [5.41, 5.74) is 2.78. The Morgan fingerprint density at radius 3 is 1.62 bits per heavy atom. The molecule has 0 aliphatic carbocycles. The van der Waals surface area contributed by atoms with E-state index in [4.69, 9.17) is 0 Å². The summed E-state index contributed by atoms with van der Waals surface area (Å²) in [6.07, 6.45) is 0. The number of hydrogen-bond acceptors (Lipinski definition) is 0. The smallest absolute Gasteiger partial charge is 1.00 e. The summed E-state index contributed by atoms with van der Waals surface area (Å²) in [7, 11) is 0. The van der Waals surface area contributed by atoms with Crippen molar-refractivity contribution < 1.29 is 18.3 Å². The van der Waals surface area contributed by atoms with Crippen LogP contribution in [0.1, 0.15) is 12.6 Å². The summed E-state index contributed by atoms with van der Waals surface area (Å²) in [5, 5.41) is 0. The van der Waals surface area contributed by atoms with Crippen LogP contribution < -0.4 is 0 Å². The molecule has 16 heavy (non-hydrogen) atoms. The third-order valence-electron chi connectivity index (χ3n) is 1.54. The predicted molar refractivity (Wildman–Crippen MR) is 62.1 cm³/mol. The van der Waals surface area contributed by atoms with Crippen molar-refractivity contribution in [3.8, 4) is 0 Å². The van der Waals surface area contributed by atoms with Crippen LogP contribution in [0.2, 0.25) is 0 Å². The fourth-order valence-electron chi connectivity index (χ4n) is 0.715. The second-order valence-electron chi connectivity index (χ2n) is 3.14. The summed E-state index contributed by atoms with van der Waals surface area (Å²) in [5.74, 6) is 0. The van der Waals surface area contributed by atoms with Crippen molar-refractivity contribution in [2.45, 2.75) is 13.8 Å². The topological polar surface area (TPSA) is 0 Å². The van der Waals surface area contributed by atoms with Gasteiger partial charge in [0, 0.05) is 3.57 Å². The maximum atomic E-state index is 9.93. The molecule has 0 aliphatic heterocycles. The van der Waals surface area contributed by atoms with E-state index in [1.54, 1.807) is 0 Å². The largest absolute Gasteiger partial charge is 1.00 e. The maximum absolute atomic E-state index is 11.2. The van der Waals surface area contributed by atoms with Gasteiger partial charge in [-0.2, -0.15) is 0 Å². The van der Waals surface area contributed by atoms with Crippen LogP contribution in [0.5, 0.6) is 0 Å². The first-order valence-corrected chi connectivity index (χ1v) is 10.8. The molecule has 0 spiro atoms. The van der Waals surface area contributed by atoms with Crippen molar-refractivity contribution in [3.63, 3.8) is 0 Å². The number of aryl methyl sites for hydroxylation is 1. The molecular formula is C8H10F6ISb. The van der Waals surface area contributed by atoms with Gasteiger partial charge in [-0.3, -0.25) is 0 Å². The molecule has 8 heteroatoms. The number of halogens is 7. The average molecular weight is 469 g/mol. The van der Waals surface area contributed by atoms with Crippen LogP contribution in [0.4, 0.5) is 16.9 Å². The van der Waals surface area contributed by atoms with E-state index in [-0.39, 0.29) is 1.43 Å². The Kier molecular flexibility index (Phi) is 4.32. The molecule has 96 valence electrons. The molecule has 1 aromatic carbocycles. The standard InChI is InChI=1S/C8H9I.6FH.Sb/c1-6-4-3-5-8(9)7(6)2;;;;;;;/h3-5H,1-2H3;6*1H;/q;;;;;;;+5/p-5. The van der Waals surface area contributed by atoms with Gasteiger partial charge in [0.1, 0.15) is 0 Å². The molecule has 0 unspecified atom stereocenters. The minimum Gasteiger partial charge on any atom is 1.00 e. The Bertz CT molecular complexity index is 356. The summed E-state index contributed by atoms with van der Waals surface area (Å²) >= 11 is -8.90. The van der Waals surface area contributed by atoms with E-state index in [1.165, 1.54) is 14.7 Å². The van der Waals surface area contributed by atoms with Crippen molar-refractivity contribution in [3.05, 3.63) is 32.9 Å². The second-order valence-corrected chi connectivity index (χ2v) is 9.77. The predicted octanol–water partition coefficient (Wildman–Crippen LogP) is 5.16. The molecule has 0 N–H and O–H groups in total. The van der Waals surface area contributed by atoms with E-state index in [9.17, 15) is 16.9 Å². The fourth-order valence-corrected chi connectivity index (χ4v) is 1.35.